The summed E-state index contributed by atoms with van der Waals surface area (Å²) in [6.07, 6.45) is 3.94. The number of unbranched alkanes of at least 4 members (excludes halogenated alkanes) is 2. The minimum Gasteiger partial charge on any atom is -0.315 e. The third-order valence-electron chi connectivity index (χ3n) is 3.13. The molecule has 1 N–H and O–H groups in total. The maximum absolute atomic E-state index is 3.54. The lowest BCUT2D eigenvalue weighted by atomic mass is 10.2. The summed E-state index contributed by atoms with van der Waals surface area (Å²) in [4.78, 5) is 3.86. The first-order chi connectivity index (χ1) is 8.24. The molecular weight excluding hydrogens is 228 g/mol. The molecule has 0 aliphatic carbocycles. The van der Waals surface area contributed by atoms with Crippen LogP contribution in [0.2, 0.25) is 0 Å². The third kappa shape index (κ3) is 6.20. The SMILES string of the molecule is CCCCCNCC(C)N(C)Cc1cccs1. The largest absolute Gasteiger partial charge is 0.315 e. The standard InChI is InChI=1S/C14H26N2S/c1-4-5-6-9-15-11-13(2)16(3)12-14-8-7-10-17-14/h7-8,10,13,15H,4-6,9,11-12H2,1-3H3. The number of thiophene rings is 1. The van der Waals surface area contributed by atoms with Gasteiger partial charge in [0.15, 0.2) is 0 Å². The Morgan fingerprint density at radius 2 is 2.24 bits per heavy atom. The van der Waals surface area contributed by atoms with Crippen LogP contribution in [0.5, 0.6) is 0 Å². The summed E-state index contributed by atoms with van der Waals surface area (Å²) in [5.74, 6) is 0. The molecule has 0 aliphatic rings. The average Bonchev–Trinajstić information content (AvgIpc) is 2.81. The molecule has 0 aromatic carbocycles. The van der Waals surface area contributed by atoms with Gasteiger partial charge in [0.2, 0.25) is 0 Å². The molecule has 0 saturated carbocycles. The summed E-state index contributed by atoms with van der Waals surface area (Å²) in [6.45, 7) is 7.85. The molecule has 1 atom stereocenters. The first-order valence-electron chi connectivity index (χ1n) is 6.67. The number of hydrogen-bond donors (Lipinski definition) is 1. The highest BCUT2D eigenvalue weighted by molar-refractivity contribution is 7.09. The van der Waals surface area contributed by atoms with Crippen LogP contribution in [-0.4, -0.2) is 31.1 Å². The van der Waals surface area contributed by atoms with Gasteiger partial charge in [-0.1, -0.05) is 25.8 Å². The molecule has 0 spiro atoms. The van der Waals surface area contributed by atoms with Gasteiger partial charge >= 0.3 is 0 Å². The van der Waals surface area contributed by atoms with E-state index < -0.39 is 0 Å². The van der Waals surface area contributed by atoms with Gasteiger partial charge in [0.1, 0.15) is 0 Å². The van der Waals surface area contributed by atoms with Gasteiger partial charge < -0.3 is 5.32 Å². The fourth-order valence-electron chi connectivity index (χ4n) is 1.77. The van der Waals surface area contributed by atoms with Crippen molar-refractivity contribution in [2.75, 3.05) is 20.1 Å². The van der Waals surface area contributed by atoms with E-state index in [4.69, 9.17) is 0 Å². The van der Waals surface area contributed by atoms with E-state index >= 15 is 0 Å². The van der Waals surface area contributed by atoms with Crippen LogP contribution in [0, 0.1) is 0 Å². The fourth-order valence-corrected chi connectivity index (χ4v) is 2.54. The zero-order valence-electron chi connectivity index (χ0n) is 11.4. The van der Waals surface area contributed by atoms with Gasteiger partial charge in [-0.25, -0.2) is 0 Å². The highest BCUT2D eigenvalue weighted by Gasteiger charge is 2.09. The fraction of sp³-hybridized carbons (Fsp3) is 0.714. The first-order valence-corrected chi connectivity index (χ1v) is 7.55. The van der Waals surface area contributed by atoms with Gasteiger partial charge in [0.25, 0.3) is 0 Å². The summed E-state index contributed by atoms with van der Waals surface area (Å²) < 4.78 is 0. The zero-order chi connectivity index (χ0) is 12.5. The minimum atomic E-state index is 0.596. The molecule has 1 aromatic heterocycles. The molecule has 0 saturated heterocycles. The molecule has 3 heteroatoms. The van der Waals surface area contributed by atoms with Gasteiger partial charge in [0.05, 0.1) is 0 Å². The highest BCUT2D eigenvalue weighted by atomic mass is 32.1. The Bertz CT molecular complexity index is 272. The van der Waals surface area contributed by atoms with Crippen LogP contribution in [0.15, 0.2) is 17.5 Å². The summed E-state index contributed by atoms with van der Waals surface area (Å²) in [7, 11) is 2.21. The van der Waals surface area contributed by atoms with Gasteiger partial charge in [0, 0.05) is 24.0 Å². The molecule has 98 valence electrons. The van der Waals surface area contributed by atoms with Crippen molar-refractivity contribution < 1.29 is 0 Å². The summed E-state index contributed by atoms with van der Waals surface area (Å²) in [6, 6.07) is 4.93. The van der Waals surface area contributed by atoms with Crippen molar-refractivity contribution >= 4 is 11.3 Å². The third-order valence-corrected chi connectivity index (χ3v) is 4.00. The number of likely N-dealkylation sites (N-methyl/N-ethyl adjacent to an activating group) is 1. The minimum absolute atomic E-state index is 0.596. The van der Waals surface area contributed by atoms with Gasteiger partial charge in [-0.15, -0.1) is 11.3 Å². The zero-order valence-corrected chi connectivity index (χ0v) is 12.2. The molecule has 0 aliphatic heterocycles. The van der Waals surface area contributed by atoms with Crippen LogP contribution in [-0.2, 0) is 6.54 Å². The Hall–Kier alpha value is -0.380. The molecule has 17 heavy (non-hydrogen) atoms. The predicted molar refractivity (Wildman–Crippen MR) is 77.6 cm³/mol. The molecule has 1 aromatic rings. The monoisotopic (exact) mass is 254 g/mol. The van der Waals surface area contributed by atoms with E-state index in [9.17, 15) is 0 Å². The normalized spacial score (nSPS) is 13.2. The van der Waals surface area contributed by atoms with E-state index in [1.807, 2.05) is 11.3 Å². The average molecular weight is 254 g/mol. The first kappa shape index (κ1) is 14.7. The molecule has 0 amide bonds. The predicted octanol–water partition coefficient (Wildman–Crippen LogP) is 3.35. The van der Waals surface area contributed by atoms with Crippen LogP contribution in [0.4, 0.5) is 0 Å². The molecule has 1 unspecified atom stereocenters. The molecule has 0 bridgehead atoms. The van der Waals surface area contributed by atoms with Crippen LogP contribution in [0.25, 0.3) is 0 Å². The molecule has 0 fully saturated rings. The van der Waals surface area contributed by atoms with E-state index in [1.165, 1.54) is 24.1 Å². The second kappa shape index (κ2) is 8.67. The van der Waals surface area contributed by atoms with Crippen LogP contribution in [0.3, 0.4) is 0 Å². The second-order valence-corrected chi connectivity index (χ2v) is 5.79. The molecule has 1 rings (SSSR count). The van der Waals surface area contributed by atoms with E-state index in [2.05, 4.69) is 48.6 Å². The Labute approximate surface area is 110 Å². The smallest absolute Gasteiger partial charge is 0.0328 e. The number of nitrogens with zero attached hydrogens (tertiary/aromatic N) is 1. The quantitative estimate of drug-likeness (QED) is 0.680. The molecular formula is C14H26N2S. The second-order valence-electron chi connectivity index (χ2n) is 4.75. The van der Waals surface area contributed by atoms with Crippen molar-refractivity contribution in [3.63, 3.8) is 0 Å². The summed E-state index contributed by atoms with van der Waals surface area (Å²) in [5, 5.41) is 5.69. The van der Waals surface area contributed by atoms with Crippen LogP contribution < -0.4 is 5.32 Å². The van der Waals surface area contributed by atoms with Crippen molar-refractivity contribution in [2.45, 2.75) is 45.7 Å². The van der Waals surface area contributed by atoms with Crippen LogP contribution >= 0.6 is 11.3 Å². The van der Waals surface area contributed by atoms with E-state index in [1.54, 1.807) is 0 Å². The Morgan fingerprint density at radius 1 is 1.41 bits per heavy atom. The van der Waals surface area contributed by atoms with Crippen molar-refractivity contribution in [3.05, 3.63) is 22.4 Å². The maximum atomic E-state index is 3.54. The van der Waals surface area contributed by atoms with Crippen LogP contribution in [0.1, 0.15) is 38.0 Å². The molecule has 1 heterocycles. The van der Waals surface area contributed by atoms with Crippen molar-refractivity contribution in [2.24, 2.45) is 0 Å². The van der Waals surface area contributed by atoms with E-state index in [0.29, 0.717) is 6.04 Å². The topological polar surface area (TPSA) is 15.3 Å². The van der Waals surface area contributed by atoms with Gasteiger partial charge in [-0.3, -0.25) is 4.90 Å². The summed E-state index contributed by atoms with van der Waals surface area (Å²) >= 11 is 1.84. The number of hydrogen-bond acceptors (Lipinski definition) is 3. The van der Waals surface area contributed by atoms with E-state index in [-0.39, 0.29) is 0 Å². The van der Waals surface area contributed by atoms with Gasteiger partial charge in [-0.05, 0) is 38.4 Å². The van der Waals surface area contributed by atoms with Gasteiger partial charge in [-0.2, -0.15) is 0 Å². The Kier molecular flexibility index (Phi) is 7.49. The molecule has 2 nitrogen and oxygen atoms in total. The maximum Gasteiger partial charge on any atom is 0.0328 e. The lowest BCUT2D eigenvalue weighted by molar-refractivity contribution is 0.245. The number of nitrogens with one attached hydrogen (secondary N) is 1. The Balaban J connectivity index is 2.11. The lowest BCUT2D eigenvalue weighted by Crippen LogP contribution is -2.37. The lowest BCUT2D eigenvalue weighted by Gasteiger charge is -2.24. The highest BCUT2D eigenvalue weighted by Crippen LogP contribution is 2.12. The van der Waals surface area contributed by atoms with Crippen molar-refractivity contribution in [3.8, 4) is 0 Å². The molecule has 0 radical (unpaired) electrons. The van der Waals surface area contributed by atoms with Crippen molar-refractivity contribution in [1.82, 2.24) is 10.2 Å². The van der Waals surface area contributed by atoms with E-state index in [0.717, 1.165) is 19.6 Å². The van der Waals surface area contributed by atoms with Crippen molar-refractivity contribution in [1.29, 1.82) is 0 Å². The number of rotatable bonds is 9. The Morgan fingerprint density at radius 3 is 2.88 bits per heavy atom. The summed E-state index contributed by atoms with van der Waals surface area (Å²) in [5.41, 5.74) is 0.